The molecule has 0 saturated carbocycles. The number of aromatic nitrogens is 1. The Balaban J connectivity index is 1.51. The van der Waals surface area contributed by atoms with Crippen molar-refractivity contribution in [2.24, 2.45) is 4.99 Å². The number of H-pyrrole nitrogens is 1. The lowest BCUT2D eigenvalue weighted by atomic mass is 10.1. The second-order valence-corrected chi connectivity index (χ2v) is 6.88. The van der Waals surface area contributed by atoms with Crippen molar-refractivity contribution in [3.63, 3.8) is 0 Å². The predicted octanol–water partition coefficient (Wildman–Crippen LogP) is 2.28. The highest BCUT2D eigenvalue weighted by molar-refractivity contribution is 5.83. The smallest absolute Gasteiger partial charge is 0.222 e. The molecule has 1 aliphatic heterocycles. The molecule has 140 valence electrons. The Morgan fingerprint density at radius 3 is 3.04 bits per heavy atom. The molecule has 0 spiro atoms. The second kappa shape index (κ2) is 8.74. The molecule has 2 heterocycles. The third-order valence-corrected chi connectivity index (χ3v) is 4.86. The number of carbonyl (C=O) groups excluding carboxylic acids is 1. The van der Waals surface area contributed by atoms with Gasteiger partial charge in [0, 0.05) is 56.2 Å². The second-order valence-electron chi connectivity index (χ2n) is 6.88. The van der Waals surface area contributed by atoms with Crippen molar-refractivity contribution < 1.29 is 4.79 Å². The summed E-state index contributed by atoms with van der Waals surface area (Å²) in [5, 5.41) is 8.08. The monoisotopic (exact) mass is 355 g/mol. The van der Waals surface area contributed by atoms with Crippen LogP contribution in [-0.2, 0) is 11.2 Å². The number of carbonyl (C=O) groups is 1. The van der Waals surface area contributed by atoms with Gasteiger partial charge in [0.1, 0.15) is 0 Å². The van der Waals surface area contributed by atoms with Gasteiger partial charge in [-0.15, -0.1) is 0 Å². The number of aliphatic imine (C=N–C) groups is 1. The quantitative estimate of drug-likeness (QED) is 0.423. The van der Waals surface area contributed by atoms with Crippen molar-refractivity contribution in [1.29, 1.82) is 0 Å². The van der Waals surface area contributed by atoms with Gasteiger partial charge in [-0.2, -0.15) is 0 Å². The molecule has 1 aromatic heterocycles. The topological polar surface area (TPSA) is 72.5 Å². The molecule has 6 nitrogen and oxygen atoms in total. The fraction of sp³-hybridized carbons (Fsp3) is 0.500. The number of para-hydroxylation sites is 1. The van der Waals surface area contributed by atoms with E-state index in [-0.39, 0.29) is 11.9 Å². The van der Waals surface area contributed by atoms with E-state index in [1.54, 1.807) is 4.90 Å². The average Bonchev–Trinajstić information content (AvgIpc) is 3.05. The summed E-state index contributed by atoms with van der Waals surface area (Å²) >= 11 is 0. The number of piperidine rings is 1. The molecule has 1 amide bonds. The number of amides is 1. The van der Waals surface area contributed by atoms with E-state index in [0.29, 0.717) is 6.42 Å². The Labute approximate surface area is 155 Å². The van der Waals surface area contributed by atoms with Gasteiger partial charge in [0.05, 0.1) is 0 Å². The van der Waals surface area contributed by atoms with E-state index < -0.39 is 0 Å². The van der Waals surface area contributed by atoms with Crippen molar-refractivity contribution >= 4 is 22.8 Å². The highest BCUT2D eigenvalue weighted by Crippen LogP contribution is 2.18. The normalized spacial score (nSPS) is 18.4. The molecular weight excluding hydrogens is 326 g/mol. The highest BCUT2D eigenvalue weighted by Gasteiger charge is 2.23. The summed E-state index contributed by atoms with van der Waals surface area (Å²) in [7, 11) is 1.86. The first-order valence-electron chi connectivity index (χ1n) is 9.51. The van der Waals surface area contributed by atoms with Crippen LogP contribution in [0.5, 0.6) is 0 Å². The van der Waals surface area contributed by atoms with E-state index in [0.717, 1.165) is 44.9 Å². The van der Waals surface area contributed by atoms with Crippen LogP contribution in [0, 0.1) is 0 Å². The lowest BCUT2D eigenvalue weighted by Gasteiger charge is -2.31. The SMILES string of the molecule is CCNC(=NCCCc1c[nH]c2ccccc12)NC1CCC(=O)N(C)C1. The zero-order valence-corrected chi connectivity index (χ0v) is 15.7. The number of hydrogen-bond donors (Lipinski definition) is 3. The number of rotatable bonds is 6. The Hall–Kier alpha value is -2.50. The Bertz CT molecular complexity index is 766. The number of nitrogens with zero attached hydrogens (tertiary/aromatic N) is 2. The number of nitrogens with one attached hydrogen (secondary N) is 3. The summed E-state index contributed by atoms with van der Waals surface area (Å²) in [5.74, 6) is 1.07. The van der Waals surface area contributed by atoms with Crippen LogP contribution in [0.15, 0.2) is 35.5 Å². The summed E-state index contributed by atoms with van der Waals surface area (Å²) in [6, 6.07) is 8.67. The van der Waals surface area contributed by atoms with Gasteiger partial charge < -0.3 is 20.5 Å². The molecule has 2 aromatic rings. The number of guanidine groups is 1. The third-order valence-electron chi connectivity index (χ3n) is 4.86. The summed E-state index contributed by atoms with van der Waals surface area (Å²) in [4.78, 5) is 21.5. The number of benzene rings is 1. The molecule has 3 rings (SSSR count). The van der Waals surface area contributed by atoms with E-state index in [1.165, 1.54) is 16.5 Å². The van der Waals surface area contributed by atoms with Gasteiger partial charge in [-0.1, -0.05) is 18.2 Å². The summed E-state index contributed by atoms with van der Waals surface area (Å²) in [6.45, 7) is 4.41. The minimum absolute atomic E-state index is 0.226. The number of aromatic amines is 1. The van der Waals surface area contributed by atoms with Gasteiger partial charge in [0.25, 0.3) is 0 Å². The van der Waals surface area contributed by atoms with Crippen LogP contribution in [0.3, 0.4) is 0 Å². The van der Waals surface area contributed by atoms with Crippen LogP contribution >= 0.6 is 0 Å². The summed E-state index contributed by atoms with van der Waals surface area (Å²) < 4.78 is 0. The van der Waals surface area contributed by atoms with E-state index in [4.69, 9.17) is 4.99 Å². The van der Waals surface area contributed by atoms with Gasteiger partial charge in [-0.25, -0.2) is 0 Å². The molecule has 26 heavy (non-hydrogen) atoms. The van der Waals surface area contributed by atoms with Crippen molar-refractivity contribution in [3.8, 4) is 0 Å². The van der Waals surface area contributed by atoms with Crippen LogP contribution in [-0.4, -0.2) is 54.5 Å². The Morgan fingerprint density at radius 2 is 2.23 bits per heavy atom. The largest absolute Gasteiger partial charge is 0.361 e. The first-order valence-corrected chi connectivity index (χ1v) is 9.51. The van der Waals surface area contributed by atoms with Crippen molar-refractivity contribution in [1.82, 2.24) is 20.5 Å². The maximum absolute atomic E-state index is 11.6. The molecule has 6 heteroatoms. The average molecular weight is 355 g/mol. The molecule has 1 saturated heterocycles. The van der Waals surface area contributed by atoms with Crippen molar-refractivity contribution in [2.75, 3.05) is 26.7 Å². The van der Waals surface area contributed by atoms with E-state index in [1.807, 2.05) is 7.05 Å². The van der Waals surface area contributed by atoms with Gasteiger partial charge in [0.2, 0.25) is 5.91 Å². The number of likely N-dealkylation sites (N-methyl/N-ethyl adjacent to an activating group) is 1. The highest BCUT2D eigenvalue weighted by atomic mass is 16.2. The van der Waals surface area contributed by atoms with Crippen LogP contribution in [0.25, 0.3) is 10.9 Å². The number of hydrogen-bond acceptors (Lipinski definition) is 2. The minimum Gasteiger partial charge on any atom is -0.361 e. The molecule has 0 bridgehead atoms. The first kappa shape index (κ1) is 18.3. The van der Waals surface area contributed by atoms with Crippen LogP contribution in [0.1, 0.15) is 31.7 Å². The molecule has 3 N–H and O–H groups in total. The lowest BCUT2D eigenvalue weighted by Crippen LogP contribution is -2.51. The molecule has 1 aromatic carbocycles. The molecule has 1 fully saturated rings. The van der Waals surface area contributed by atoms with Crippen molar-refractivity contribution in [2.45, 2.75) is 38.6 Å². The lowest BCUT2D eigenvalue weighted by molar-refractivity contribution is -0.132. The molecule has 0 radical (unpaired) electrons. The fourth-order valence-corrected chi connectivity index (χ4v) is 3.44. The van der Waals surface area contributed by atoms with Gasteiger partial charge in [0.15, 0.2) is 5.96 Å². The molecule has 1 unspecified atom stereocenters. The summed E-state index contributed by atoms with van der Waals surface area (Å²) in [6.07, 6.45) is 5.58. The standard InChI is InChI=1S/C20H29N5O/c1-3-21-20(24-16-10-11-19(26)25(2)14-16)22-12-6-7-15-13-23-18-9-5-4-8-17(15)18/h4-5,8-9,13,16,23H,3,6-7,10-12,14H2,1-2H3,(H2,21,22,24). The maximum Gasteiger partial charge on any atom is 0.222 e. The van der Waals surface area contributed by atoms with E-state index >= 15 is 0 Å². The number of likely N-dealkylation sites (tertiary alicyclic amines) is 1. The van der Waals surface area contributed by atoms with Crippen molar-refractivity contribution in [3.05, 3.63) is 36.0 Å². The molecule has 0 aliphatic carbocycles. The van der Waals surface area contributed by atoms with Gasteiger partial charge >= 0.3 is 0 Å². The van der Waals surface area contributed by atoms with E-state index in [2.05, 4.69) is 53.0 Å². The minimum atomic E-state index is 0.226. The Kier molecular flexibility index (Phi) is 6.15. The zero-order valence-electron chi connectivity index (χ0n) is 15.7. The maximum atomic E-state index is 11.6. The predicted molar refractivity (Wildman–Crippen MR) is 106 cm³/mol. The third kappa shape index (κ3) is 4.56. The first-order chi connectivity index (χ1) is 12.7. The van der Waals surface area contributed by atoms with E-state index in [9.17, 15) is 4.79 Å². The Morgan fingerprint density at radius 1 is 1.38 bits per heavy atom. The molecule has 1 atom stereocenters. The zero-order chi connectivity index (χ0) is 18.4. The molecule has 1 aliphatic rings. The van der Waals surface area contributed by atoms with Gasteiger partial charge in [-0.3, -0.25) is 9.79 Å². The molecular formula is C20H29N5O. The fourth-order valence-electron chi connectivity index (χ4n) is 3.44. The van der Waals surface area contributed by atoms with Crippen LogP contribution in [0.2, 0.25) is 0 Å². The van der Waals surface area contributed by atoms with Gasteiger partial charge in [-0.05, 0) is 37.8 Å². The van der Waals surface area contributed by atoms with Crippen LogP contribution < -0.4 is 10.6 Å². The number of fused-ring (bicyclic) bond motifs is 1. The summed E-state index contributed by atoms with van der Waals surface area (Å²) in [5.41, 5.74) is 2.54. The number of aryl methyl sites for hydroxylation is 1. The van der Waals surface area contributed by atoms with Crippen LogP contribution in [0.4, 0.5) is 0 Å².